The average molecular weight is 353 g/mol. The van der Waals surface area contributed by atoms with Gasteiger partial charge in [-0.05, 0) is 36.5 Å². The molecular formula is C21H24FN3O. The van der Waals surface area contributed by atoms with Gasteiger partial charge in [0.15, 0.2) is 0 Å². The van der Waals surface area contributed by atoms with E-state index in [1.807, 2.05) is 4.90 Å². The molecule has 0 saturated heterocycles. The first kappa shape index (κ1) is 17.1. The van der Waals surface area contributed by atoms with Gasteiger partial charge in [0.25, 0.3) is 0 Å². The molecule has 1 aliphatic heterocycles. The monoisotopic (exact) mass is 353 g/mol. The molecule has 0 spiro atoms. The molecule has 0 N–H and O–H groups in total. The van der Waals surface area contributed by atoms with Crippen molar-refractivity contribution in [1.29, 1.82) is 0 Å². The van der Waals surface area contributed by atoms with E-state index in [1.54, 1.807) is 18.5 Å². The van der Waals surface area contributed by atoms with Crippen LogP contribution >= 0.6 is 0 Å². The zero-order chi connectivity index (χ0) is 17.9. The Bertz CT molecular complexity index is 784. The lowest BCUT2D eigenvalue weighted by molar-refractivity contribution is -0.133. The SMILES string of the molecule is O=C(CC1CCCC1)N1CCc2ncnc(Cc3ccc(F)cc3)c2C1. The van der Waals surface area contributed by atoms with Crippen molar-refractivity contribution >= 4 is 5.91 Å². The minimum absolute atomic E-state index is 0.234. The number of halogens is 1. The predicted molar refractivity (Wildman–Crippen MR) is 96.9 cm³/mol. The Labute approximate surface area is 153 Å². The third kappa shape index (κ3) is 3.76. The van der Waals surface area contributed by atoms with Gasteiger partial charge < -0.3 is 4.90 Å². The van der Waals surface area contributed by atoms with E-state index >= 15 is 0 Å². The molecule has 4 rings (SSSR count). The molecule has 5 heteroatoms. The summed E-state index contributed by atoms with van der Waals surface area (Å²) in [5.41, 5.74) is 4.08. The second-order valence-electron chi connectivity index (χ2n) is 7.47. The number of carbonyl (C=O) groups excluding carboxylic acids is 1. The maximum Gasteiger partial charge on any atom is 0.223 e. The van der Waals surface area contributed by atoms with Crippen LogP contribution in [0.1, 0.15) is 54.6 Å². The van der Waals surface area contributed by atoms with E-state index in [0.717, 1.165) is 35.5 Å². The summed E-state index contributed by atoms with van der Waals surface area (Å²) in [6.45, 7) is 1.34. The lowest BCUT2D eigenvalue weighted by Gasteiger charge is -2.30. The zero-order valence-corrected chi connectivity index (χ0v) is 15.0. The topological polar surface area (TPSA) is 46.1 Å². The van der Waals surface area contributed by atoms with Gasteiger partial charge in [-0.1, -0.05) is 25.0 Å². The van der Waals surface area contributed by atoms with E-state index in [-0.39, 0.29) is 11.7 Å². The molecule has 1 amide bonds. The lowest BCUT2D eigenvalue weighted by atomic mass is 9.98. The first-order valence-electron chi connectivity index (χ1n) is 9.53. The largest absolute Gasteiger partial charge is 0.338 e. The Hall–Kier alpha value is -2.30. The molecule has 136 valence electrons. The van der Waals surface area contributed by atoms with Crippen molar-refractivity contribution in [3.8, 4) is 0 Å². The average Bonchev–Trinajstić information content (AvgIpc) is 3.16. The summed E-state index contributed by atoms with van der Waals surface area (Å²) in [7, 11) is 0. The number of fused-ring (bicyclic) bond motifs is 1. The Morgan fingerprint density at radius 3 is 2.69 bits per heavy atom. The number of hydrogen-bond donors (Lipinski definition) is 0. The maximum absolute atomic E-state index is 13.1. The number of rotatable bonds is 4. The normalized spacial score (nSPS) is 17.3. The Balaban J connectivity index is 1.50. The van der Waals surface area contributed by atoms with E-state index in [4.69, 9.17) is 0 Å². The van der Waals surface area contributed by atoms with Crippen LogP contribution in [0.4, 0.5) is 4.39 Å². The van der Waals surface area contributed by atoms with E-state index in [9.17, 15) is 9.18 Å². The molecule has 26 heavy (non-hydrogen) atoms. The van der Waals surface area contributed by atoms with Crippen molar-refractivity contribution < 1.29 is 9.18 Å². The quantitative estimate of drug-likeness (QED) is 0.842. The van der Waals surface area contributed by atoms with Crippen molar-refractivity contribution in [2.45, 2.75) is 51.5 Å². The highest BCUT2D eigenvalue weighted by atomic mass is 19.1. The van der Waals surface area contributed by atoms with Crippen molar-refractivity contribution in [2.24, 2.45) is 5.92 Å². The van der Waals surface area contributed by atoms with E-state index in [0.29, 0.717) is 25.3 Å². The van der Waals surface area contributed by atoms with Crippen molar-refractivity contribution in [2.75, 3.05) is 6.54 Å². The fourth-order valence-corrected chi connectivity index (χ4v) is 4.15. The van der Waals surface area contributed by atoms with Gasteiger partial charge in [-0.25, -0.2) is 14.4 Å². The summed E-state index contributed by atoms with van der Waals surface area (Å²) in [4.78, 5) is 23.6. The number of nitrogens with zero attached hydrogens (tertiary/aromatic N) is 3. The molecule has 1 saturated carbocycles. The van der Waals surface area contributed by atoms with E-state index < -0.39 is 0 Å². The van der Waals surface area contributed by atoms with Crippen LogP contribution in [-0.4, -0.2) is 27.3 Å². The van der Waals surface area contributed by atoms with Gasteiger partial charge in [0, 0.05) is 37.9 Å². The van der Waals surface area contributed by atoms with E-state index in [1.165, 1.54) is 37.8 Å². The Morgan fingerprint density at radius 2 is 1.92 bits per heavy atom. The van der Waals surface area contributed by atoms with Gasteiger partial charge in [-0.15, -0.1) is 0 Å². The van der Waals surface area contributed by atoms with Crippen LogP contribution in [0.3, 0.4) is 0 Å². The summed E-state index contributed by atoms with van der Waals surface area (Å²) in [5, 5.41) is 0. The first-order valence-corrected chi connectivity index (χ1v) is 9.53. The van der Waals surface area contributed by atoms with Gasteiger partial charge >= 0.3 is 0 Å². The molecule has 2 heterocycles. The number of hydrogen-bond acceptors (Lipinski definition) is 3. The third-order valence-corrected chi connectivity index (χ3v) is 5.67. The number of amides is 1. The highest BCUT2D eigenvalue weighted by Crippen LogP contribution is 2.29. The van der Waals surface area contributed by atoms with Crippen LogP contribution in [0.15, 0.2) is 30.6 Å². The maximum atomic E-state index is 13.1. The number of benzene rings is 1. The standard InChI is InChI=1S/C21H24FN3O/c22-17-7-5-16(6-8-17)11-20-18-13-25(10-9-19(18)23-14-24-20)21(26)12-15-3-1-2-4-15/h5-8,14-15H,1-4,9-13H2. The summed E-state index contributed by atoms with van der Waals surface area (Å²) in [6, 6.07) is 6.52. The molecule has 2 aromatic rings. The smallest absolute Gasteiger partial charge is 0.223 e. The zero-order valence-electron chi connectivity index (χ0n) is 15.0. The molecular weight excluding hydrogens is 329 g/mol. The minimum Gasteiger partial charge on any atom is -0.338 e. The summed E-state index contributed by atoms with van der Waals surface area (Å²) >= 11 is 0. The van der Waals surface area contributed by atoms with Gasteiger partial charge in [0.2, 0.25) is 5.91 Å². The van der Waals surface area contributed by atoms with Gasteiger partial charge in [0.1, 0.15) is 12.1 Å². The van der Waals surface area contributed by atoms with Crippen LogP contribution in [0.25, 0.3) is 0 Å². The second-order valence-corrected chi connectivity index (χ2v) is 7.47. The summed E-state index contributed by atoms with van der Waals surface area (Å²) < 4.78 is 13.1. The lowest BCUT2D eigenvalue weighted by Crippen LogP contribution is -2.37. The van der Waals surface area contributed by atoms with Crippen LogP contribution in [0, 0.1) is 11.7 Å². The molecule has 2 aliphatic rings. The van der Waals surface area contributed by atoms with Crippen molar-refractivity contribution in [3.05, 3.63) is 58.9 Å². The summed E-state index contributed by atoms with van der Waals surface area (Å²) in [6.07, 6.45) is 8.60. The first-order chi connectivity index (χ1) is 12.7. The van der Waals surface area contributed by atoms with Gasteiger partial charge in [-0.2, -0.15) is 0 Å². The highest BCUT2D eigenvalue weighted by Gasteiger charge is 2.27. The third-order valence-electron chi connectivity index (χ3n) is 5.67. The molecule has 1 aliphatic carbocycles. The van der Waals surface area contributed by atoms with Gasteiger partial charge in [-0.3, -0.25) is 4.79 Å². The molecule has 0 atom stereocenters. The van der Waals surface area contributed by atoms with Crippen LogP contribution in [0.2, 0.25) is 0 Å². The van der Waals surface area contributed by atoms with Crippen LogP contribution in [0.5, 0.6) is 0 Å². The fraction of sp³-hybridized carbons (Fsp3) is 0.476. The predicted octanol–water partition coefficient (Wildman–Crippen LogP) is 3.67. The Kier molecular flexibility index (Phi) is 4.96. The van der Waals surface area contributed by atoms with Crippen molar-refractivity contribution in [1.82, 2.24) is 14.9 Å². The number of carbonyl (C=O) groups is 1. The number of aromatic nitrogens is 2. The molecule has 1 fully saturated rings. The molecule has 1 aromatic carbocycles. The van der Waals surface area contributed by atoms with Crippen molar-refractivity contribution in [3.63, 3.8) is 0 Å². The minimum atomic E-state index is -0.234. The molecule has 1 aromatic heterocycles. The molecule has 0 unspecified atom stereocenters. The van der Waals surface area contributed by atoms with Gasteiger partial charge in [0.05, 0.1) is 11.4 Å². The molecule has 4 nitrogen and oxygen atoms in total. The summed E-state index contributed by atoms with van der Waals surface area (Å²) in [5.74, 6) is 0.593. The Morgan fingerprint density at radius 1 is 1.15 bits per heavy atom. The van der Waals surface area contributed by atoms with E-state index in [2.05, 4.69) is 9.97 Å². The highest BCUT2D eigenvalue weighted by molar-refractivity contribution is 5.76. The second kappa shape index (κ2) is 7.52. The van der Waals surface area contributed by atoms with Crippen LogP contribution < -0.4 is 0 Å². The van der Waals surface area contributed by atoms with Crippen LogP contribution in [-0.2, 0) is 24.2 Å². The fourth-order valence-electron chi connectivity index (χ4n) is 4.15. The molecule has 0 bridgehead atoms. The molecule has 0 radical (unpaired) electrons.